The minimum Gasteiger partial charge on any atom is -0.493 e. The van der Waals surface area contributed by atoms with Crippen molar-refractivity contribution in [2.45, 2.75) is 19.4 Å². The zero-order valence-corrected chi connectivity index (χ0v) is 11.2. The summed E-state index contributed by atoms with van der Waals surface area (Å²) in [6.07, 6.45) is 0.270. The van der Waals surface area contributed by atoms with Crippen molar-refractivity contribution in [3.8, 4) is 17.6 Å². The number of nitrogens with zero attached hydrogens (tertiary/aromatic N) is 2. The average Bonchev–Trinajstić information content (AvgIpc) is 2.72. The van der Waals surface area contributed by atoms with E-state index in [1.165, 1.54) is 0 Å². The highest BCUT2D eigenvalue weighted by molar-refractivity contribution is 5.97. The zero-order valence-electron chi connectivity index (χ0n) is 11.2. The SMILES string of the molecule is COc1ccc(N2C(=O)CC(C#N)C2C)cc1OC. The number of carbonyl (C=O) groups excluding carboxylic acids is 1. The Bertz CT molecular complexity index is 536. The molecule has 1 aliphatic rings. The van der Waals surface area contributed by atoms with Crippen LogP contribution in [0.3, 0.4) is 0 Å². The summed E-state index contributed by atoms with van der Waals surface area (Å²) < 4.78 is 10.4. The van der Waals surface area contributed by atoms with E-state index in [2.05, 4.69) is 6.07 Å². The molecule has 1 heterocycles. The Morgan fingerprint density at radius 2 is 2.00 bits per heavy atom. The average molecular weight is 260 g/mol. The van der Waals surface area contributed by atoms with Crippen LogP contribution >= 0.6 is 0 Å². The van der Waals surface area contributed by atoms with Gasteiger partial charge >= 0.3 is 0 Å². The molecule has 5 heteroatoms. The molecule has 1 aliphatic heterocycles. The second-order valence-electron chi connectivity index (χ2n) is 4.48. The lowest BCUT2D eigenvalue weighted by Gasteiger charge is -2.23. The van der Waals surface area contributed by atoms with Crippen LogP contribution in [0, 0.1) is 17.2 Å². The van der Waals surface area contributed by atoms with Gasteiger partial charge in [0.2, 0.25) is 5.91 Å². The Balaban J connectivity index is 2.37. The summed E-state index contributed by atoms with van der Waals surface area (Å²) in [5.41, 5.74) is 0.730. The monoisotopic (exact) mass is 260 g/mol. The number of ether oxygens (including phenoxy) is 2. The summed E-state index contributed by atoms with van der Waals surface area (Å²) >= 11 is 0. The first-order valence-corrected chi connectivity index (χ1v) is 6.06. The number of methoxy groups -OCH3 is 2. The number of benzene rings is 1. The fraction of sp³-hybridized carbons (Fsp3) is 0.429. The van der Waals surface area contributed by atoms with E-state index in [9.17, 15) is 4.79 Å². The molecule has 0 radical (unpaired) electrons. The van der Waals surface area contributed by atoms with Gasteiger partial charge < -0.3 is 14.4 Å². The molecule has 0 spiro atoms. The van der Waals surface area contributed by atoms with Crippen LogP contribution in [-0.2, 0) is 4.79 Å². The number of carbonyl (C=O) groups is 1. The second-order valence-corrected chi connectivity index (χ2v) is 4.48. The molecule has 2 rings (SSSR count). The van der Waals surface area contributed by atoms with Crippen molar-refractivity contribution >= 4 is 11.6 Å². The van der Waals surface area contributed by atoms with Crippen LogP contribution in [0.15, 0.2) is 18.2 Å². The van der Waals surface area contributed by atoms with Crippen LogP contribution < -0.4 is 14.4 Å². The van der Waals surface area contributed by atoms with Crippen molar-refractivity contribution in [1.29, 1.82) is 5.26 Å². The third-order valence-corrected chi connectivity index (χ3v) is 3.46. The van der Waals surface area contributed by atoms with E-state index in [-0.39, 0.29) is 24.3 Å². The van der Waals surface area contributed by atoms with E-state index >= 15 is 0 Å². The predicted molar refractivity (Wildman–Crippen MR) is 70.2 cm³/mol. The number of hydrogen-bond acceptors (Lipinski definition) is 4. The van der Waals surface area contributed by atoms with Crippen LogP contribution in [0.1, 0.15) is 13.3 Å². The molecule has 2 unspecified atom stereocenters. The molecular formula is C14H16N2O3. The Hall–Kier alpha value is -2.22. The number of nitriles is 1. The van der Waals surface area contributed by atoms with Crippen molar-refractivity contribution in [3.63, 3.8) is 0 Å². The van der Waals surface area contributed by atoms with Crippen molar-refractivity contribution in [1.82, 2.24) is 0 Å². The third kappa shape index (κ3) is 2.22. The Labute approximate surface area is 112 Å². The third-order valence-electron chi connectivity index (χ3n) is 3.46. The van der Waals surface area contributed by atoms with Crippen LogP contribution in [0.5, 0.6) is 11.5 Å². The van der Waals surface area contributed by atoms with Gasteiger partial charge in [0.1, 0.15) is 0 Å². The van der Waals surface area contributed by atoms with E-state index in [1.807, 2.05) is 6.92 Å². The first-order valence-electron chi connectivity index (χ1n) is 6.06. The molecule has 2 atom stereocenters. The standard InChI is InChI=1S/C14H16N2O3/c1-9-10(8-15)6-14(17)16(9)11-4-5-12(18-2)13(7-11)19-3/h4-5,7,9-10H,6H2,1-3H3. The number of hydrogen-bond donors (Lipinski definition) is 0. The van der Waals surface area contributed by atoms with Gasteiger partial charge in [-0.3, -0.25) is 4.79 Å². The summed E-state index contributed by atoms with van der Waals surface area (Å²) in [5, 5.41) is 9.03. The van der Waals surface area contributed by atoms with Crippen molar-refractivity contribution in [3.05, 3.63) is 18.2 Å². The smallest absolute Gasteiger partial charge is 0.228 e. The van der Waals surface area contributed by atoms with Crippen LogP contribution in [0.25, 0.3) is 0 Å². The first-order chi connectivity index (χ1) is 9.12. The second kappa shape index (κ2) is 5.19. The number of amides is 1. The molecule has 19 heavy (non-hydrogen) atoms. The van der Waals surface area contributed by atoms with Gasteiger partial charge in [-0.15, -0.1) is 0 Å². The lowest BCUT2D eigenvalue weighted by molar-refractivity contribution is -0.117. The van der Waals surface area contributed by atoms with Gasteiger partial charge in [0.05, 0.1) is 32.2 Å². The minimum absolute atomic E-state index is 0.0359. The molecule has 0 aliphatic carbocycles. The van der Waals surface area contributed by atoms with E-state index in [0.29, 0.717) is 11.5 Å². The van der Waals surface area contributed by atoms with Gasteiger partial charge in [0, 0.05) is 18.2 Å². The fourth-order valence-corrected chi connectivity index (χ4v) is 2.37. The van der Waals surface area contributed by atoms with Gasteiger partial charge in [-0.05, 0) is 19.1 Å². The van der Waals surface area contributed by atoms with Crippen molar-refractivity contribution in [2.24, 2.45) is 5.92 Å². The van der Waals surface area contributed by atoms with E-state index < -0.39 is 0 Å². The zero-order chi connectivity index (χ0) is 14.0. The largest absolute Gasteiger partial charge is 0.493 e. The topological polar surface area (TPSA) is 62.6 Å². The normalized spacial score (nSPS) is 22.2. The molecule has 1 saturated heterocycles. The summed E-state index contributed by atoms with van der Waals surface area (Å²) in [7, 11) is 3.11. The molecule has 1 aromatic rings. The quantitative estimate of drug-likeness (QED) is 0.833. The van der Waals surface area contributed by atoms with Crippen molar-refractivity contribution in [2.75, 3.05) is 19.1 Å². The van der Waals surface area contributed by atoms with Gasteiger partial charge in [-0.25, -0.2) is 0 Å². The summed E-state index contributed by atoms with van der Waals surface area (Å²) in [5.74, 6) is 0.884. The summed E-state index contributed by atoms with van der Waals surface area (Å²) in [6, 6.07) is 7.36. The van der Waals surface area contributed by atoms with E-state index in [1.54, 1.807) is 37.3 Å². The van der Waals surface area contributed by atoms with Gasteiger partial charge in [0.15, 0.2) is 11.5 Å². The highest BCUT2D eigenvalue weighted by Crippen LogP contribution is 2.36. The molecule has 0 bridgehead atoms. The summed E-state index contributed by atoms with van der Waals surface area (Å²) in [6.45, 7) is 1.88. The van der Waals surface area contributed by atoms with Gasteiger partial charge in [0.25, 0.3) is 0 Å². The molecule has 0 aromatic heterocycles. The molecular weight excluding hydrogens is 244 g/mol. The highest BCUT2D eigenvalue weighted by Gasteiger charge is 2.38. The fourth-order valence-electron chi connectivity index (χ4n) is 2.37. The molecule has 1 fully saturated rings. The van der Waals surface area contributed by atoms with Crippen LogP contribution in [-0.4, -0.2) is 26.2 Å². The highest BCUT2D eigenvalue weighted by atomic mass is 16.5. The lowest BCUT2D eigenvalue weighted by atomic mass is 10.0. The predicted octanol–water partition coefficient (Wildman–Crippen LogP) is 1.97. The molecule has 1 aromatic carbocycles. The molecule has 0 N–H and O–H groups in total. The maximum Gasteiger partial charge on any atom is 0.228 e. The molecule has 1 amide bonds. The Morgan fingerprint density at radius 3 is 2.53 bits per heavy atom. The number of anilines is 1. The van der Waals surface area contributed by atoms with E-state index in [4.69, 9.17) is 14.7 Å². The minimum atomic E-state index is -0.263. The Morgan fingerprint density at radius 1 is 1.32 bits per heavy atom. The first kappa shape index (κ1) is 13.2. The lowest BCUT2D eigenvalue weighted by Crippen LogP contribution is -2.32. The molecule has 0 saturated carbocycles. The van der Waals surface area contributed by atoms with Gasteiger partial charge in [-0.1, -0.05) is 0 Å². The molecule has 5 nitrogen and oxygen atoms in total. The Kier molecular flexibility index (Phi) is 3.61. The van der Waals surface area contributed by atoms with Crippen LogP contribution in [0.2, 0.25) is 0 Å². The number of rotatable bonds is 3. The van der Waals surface area contributed by atoms with E-state index in [0.717, 1.165) is 5.69 Å². The summed E-state index contributed by atoms with van der Waals surface area (Å²) in [4.78, 5) is 13.7. The van der Waals surface area contributed by atoms with Gasteiger partial charge in [-0.2, -0.15) is 5.26 Å². The maximum atomic E-state index is 12.0. The maximum absolute atomic E-state index is 12.0. The van der Waals surface area contributed by atoms with Crippen molar-refractivity contribution < 1.29 is 14.3 Å². The van der Waals surface area contributed by atoms with Crippen LogP contribution in [0.4, 0.5) is 5.69 Å². The molecule has 100 valence electrons.